The summed E-state index contributed by atoms with van der Waals surface area (Å²) in [6.07, 6.45) is -8.69. The number of carbonyl (C=O) groups is 3. The van der Waals surface area contributed by atoms with Crippen LogP contribution < -0.4 is 16.0 Å². The van der Waals surface area contributed by atoms with Gasteiger partial charge in [0, 0.05) is 67.5 Å². The van der Waals surface area contributed by atoms with Crippen LogP contribution >= 0.6 is 23.5 Å². The van der Waals surface area contributed by atoms with Crippen LogP contribution in [0.15, 0.2) is 0 Å². The molecule has 3 rings (SSSR count). The monoisotopic (exact) mass is 1470 g/mol. The minimum Gasteiger partial charge on any atom is -0.394 e. The summed E-state index contributed by atoms with van der Waals surface area (Å²) in [6.45, 7) is 1.53. The lowest BCUT2D eigenvalue weighted by Gasteiger charge is -2.42. The zero-order valence-electron chi connectivity index (χ0n) is 55.9. The first-order chi connectivity index (χ1) is 46.1. The van der Waals surface area contributed by atoms with E-state index in [2.05, 4.69) is 16.0 Å². The summed E-state index contributed by atoms with van der Waals surface area (Å²) in [7, 11) is -11.9. The number of amides is 3. The fraction of sp³-hybridized carbons (Fsp3) is 0.947. The first-order valence-electron chi connectivity index (χ1n) is 32.8. The number of carbonyl (C=O) groups excluding carboxylic acids is 3. The molecule has 0 aliphatic carbocycles. The molecule has 97 heavy (non-hydrogen) atoms. The molecule has 37 nitrogen and oxygen atoms in total. The standard InChI is InChI=1S/C57H110N3O34P3/c1-39(64)58-45-51(70)48(67)42(32-61)92-54(45)83-23-11-5-8-14-26-86-95(73,74)89-29-17-20-80-36-57(35-79-4,37-81-21-18-30-90-96(75,76)87-27-15-9-6-12-24-84-55-46(59-40(2)65)52(71)49(68)43(33-62)93-55)38-82-22-19-31-91-97(77,78)88-28-16-10-7-13-25-85-56-47(60-41(3)66)53(72)50(69)44(34-63)94-56/h42-56,61-63,67-72H,5-38H2,1-4H3,(H,58,64)(H,59,65)(H,60,66)(H,73,74)(H,75,76)(H,77,78)/t42?,43?,44?,45-,46-,47-,48-,49-,50-,51?,52?,53?,54+,55+,56+,57?/m0/s1. The summed E-state index contributed by atoms with van der Waals surface area (Å²) in [5, 5.41) is 98.0. The Kier molecular flexibility index (Phi) is 44.9. The highest BCUT2D eigenvalue weighted by atomic mass is 31.2. The number of hydrogen-bond acceptors (Lipinski definition) is 31. The maximum atomic E-state index is 12.6. The molecule has 0 radical (unpaired) electrons. The Hall–Kier alpha value is -2.02. The molecule has 3 aliphatic heterocycles. The van der Waals surface area contributed by atoms with Gasteiger partial charge < -0.3 is 124 Å². The number of hydrogen-bond donors (Lipinski definition) is 15. The van der Waals surface area contributed by atoms with Crippen molar-refractivity contribution < 1.29 is 163 Å². The summed E-state index contributed by atoms with van der Waals surface area (Å²) in [6, 6.07) is -3.21. The summed E-state index contributed by atoms with van der Waals surface area (Å²) >= 11 is 0. The maximum Gasteiger partial charge on any atom is 0.472 e. The SMILES string of the molecule is COCC(COCCCOP(=O)(O)OCCCCCCO[C@@H]1OC(CO)[C@H](O)C(O)[C@@H]1NC(C)=O)(COCCCOP(=O)(O)OCCCCCCO[C@@H]1OC(CO)[C@H](O)C(O)[C@@H]1NC(C)=O)COCCCOP(=O)(O)OCCCCCCO[C@@H]1OC(CO)[C@H](O)C(O)[C@@H]1NC(C)=O. The minimum atomic E-state index is -4.45. The average molecular weight is 1470 g/mol. The highest BCUT2D eigenvalue weighted by molar-refractivity contribution is 7.47. The molecule has 572 valence electrons. The van der Waals surface area contributed by atoms with E-state index in [4.69, 9.17) is 74.5 Å². The van der Waals surface area contributed by atoms with Gasteiger partial charge >= 0.3 is 23.5 Å². The number of phosphoric acid groups is 3. The molecule has 3 heterocycles. The lowest BCUT2D eigenvalue weighted by Crippen LogP contribution is -2.64. The van der Waals surface area contributed by atoms with Crippen LogP contribution in [0.4, 0.5) is 0 Å². The van der Waals surface area contributed by atoms with Crippen LogP contribution in [-0.4, -0.2) is 303 Å². The zero-order valence-corrected chi connectivity index (χ0v) is 58.6. The fourth-order valence-corrected chi connectivity index (χ4v) is 12.6. The van der Waals surface area contributed by atoms with Crippen LogP contribution in [-0.2, 0) is 103 Å². The summed E-state index contributed by atoms with van der Waals surface area (Å²) in [5.41, 5.74) is -0.975. The van der Waals surface area contributed by atoms with E-state index >= 15 is 0 Å². The lowest BCUT2D eigenvalue weighted by atomic mass is 9.92. The highest BCUT2D eigenvalue weighted by Gasteiger charge is 2.48. The second kappa shape index (κ2) is 48.8. The first-order valence-corrected chi connectivity index (χ1v) is 37.2. The van der Waals surface area contributed by atoms with Crippen molar-refractivity contribution in [3.05, 3.63) is 0 Å². The van der Waals surface area contributed by atoms with Crippen molar-refractivity contribution in [2.24, 2.45) is 5.41 Å². The van der Waals surface area contributed by atoms with E-state index in [9.17, 15) is 88.7 Å². The largest absolute Gasteiger partial charge is 0.472 e. The number of nitrogens with one attached hydrogen (secondary N) is 3. The van der Waals surface area contributed by atoms with Gasteiger partial charge in [-0.25, -0.2) is 13.7 Å². The Morgan fingerprint density at radius 1 is 0.361 bits per heavy atom. The third-order valence-corrected chi connectivity index (χ3v) is 18.3. The molecule has 3 fully saturated rings. The number of ether oxygens (including phenoxy) is 10. The van der Waals surface area contributed by atoms with Crippen LogP contribution in [0.25, 0.3) is 0 Å². The van der Waals surface area contributed by atoms with Crippen molar-refractivity contribution in [2.45, 2.75) is 209 Å². The molecule has 0 aromatic heterocycles. The van der Waals surface area contributed by atoms with Gasteiger partial charge in [-0.05, 0) is 57.8 Å². The molecule has 15 N–H and O–H groups in total. The predicted molar refractivity (Wildman–Crippen MR) is 335 cm³/mol. The van der Waals surface area contributed by atoms with E-state index in [1.165, 1.54) is 27.9 Å². The Bertz CT molecular complexity index is 2060. The number of methoxy groups -OCH3 is 1. The maximum absolute atomic E-state index is 12.6. The van der Waals surface area contributed by atoms with Crippen molar-refractivity contribution in [3.63, 3.8) is 0 Å². The number of unbranched alkanes of at least 4 members (excludes halogenated alkanes) is 9. The van der Waals surface area contributed by atoms with Gasteiger partial charge in [0.05, 0.1) is 91.3 Å². The molecule has 40 heteroatoms. The van der Waals surface area contributed by atoms with Crippen LogP contribution in [0.1, 0.15) is 117 Å². The van der Waals surface area contributed by atoms with E-state index < -0.39 is 158 Å². The smallest absolute Gasteiger partial charge is 0.394 e. The van der Waals surface area contributed by atoms with E-state index in [1.807, 2.05) is 0 Å². The van der Waals surface area contributed by atoms with Crippen LogP contribution in [0.5, 0.6) is 0 Å². The Morgan fingerprint density at radius 2 is 0.598 bits per heavy atom. The molecule has 0 bridgehead atoms. The lowest BCUT2D eigenvalue weighted by molar-refractivity contribution is -0.270. The molecule has 0 aromatic carbocycles. The molecular weight excluding hydrogens is 1360 g/mol. The molecule has 3 aliphatic rings. The Balaban J connectivity index is 1.40. The molecule has 18 atom stereocenters. The van der Waals surface area contributed by atoms with Gasteiger partial charge in [-0.1, -0.05) is 38.5 Å². The number of phosphoric ester groups is 3. The predicted octanol–water partition coefficient (Wildman–Crippen LogP) is -1.20. The normalized spacial score (nSPS) is 28.6. The van der Waals surface area contributed by atoms with Gasteiger partial charge in [0.2, 0.25) is 17.7 Å². The van der Waals surface area contributed by atoms with Gasteiger partial charge in [0.1, 0.15) is 73.1 Å². The first kappa shape index (κ1) is 89.2. The quantitative estimate of drug-likeness (QED) is 0.0251. The van der Waals surface area contributed by atoms with Gasteiger partial charge in [0.15, 0.2) is 18.9 Å². The van der Waals surface area contributed by atoms with Crippen LogP contribution in [0.2, 0.25) is 0 Å². The van der Waals surface area contributed by atoms with E-state index in [0.717, 1.165) is 0 Å². The van der Waals surface area contributed by atoms with E-state index in [-0.39, 0.29) is 125 Å². The van der Waals surface area contributed by atoms with Crippen LogP contribution in [0.3, 0.4) is 0 Å². The molecule has 3 saturated heterocycles. The van der Waals surface area contributed by atoms with E-state index in [1.54, 1.807) is 0 Å². The summed E-state index contributed by atoms with van der Waals surface area (Å²) < 4.78 is 126. The highest BCUT2D eigenvalue weighted by Crippen LogP contribution is 2.45. The third-order valence-electron chi connectivity index (χ3n) is 15.2. The van der Waals surface area contributed by atoms with Gasteiger partial charge in [0.25, 0.3) is 0 Å². The van der Waals surface area contributed by atoms with Gasteiger partial charge in [-0.3, -0.25) is 41.5 Å². The summed E-state index contributed by atoms with van der Waals surface area (Å²) in [5.74, 6) is -1.45. The second-order valence-corrected chi connectivity index (χ2v) is 28.1. The number of aliphatic hydroxyl groups is 9. The third kappa shape index (κ3) is 35.8. The Labute approximate surface area is 565 Å². The number of rotatable bonds is 56. The molecule has 3 amide bonds. The zero-order chi connectivity index (χ0) is 71.9. The van der Waals surface area contributed by atoms with Gasteiger partial charge in [-0.15, -0.1) is 0 Å². The average Bonchev–Trinajstić information content (AvgIpc) is 0.837. The van der Waals surface area contributed by atoms with Crippen molar-refractivity contribution in [1.29, 1.82) is 0 Å². The van der Waals surface area contributed by atoms with Crippen molar-refractivity contribution >= 4 is 41.2 Å². The van der Waals surface area contributed by atoms with Crippen LogP contribution in [0, 0.1) is 5.41 Å². The molecule has 0 aromatic rings. The topological polar surface area (TPSA) is 529 Å². The van der Waals surface area contributed by atoms with Crippen molar-refractivity contribution in [1.82, 2.24) is 16.0 Å². The van der Waals surface area contributed by atoms with Crippen molar-refractivity contribution in [3.8, 4) is 0 Å². The Morgan fingerprint density at radius 3 is 0.825 bits per heavy atom. The summed E-state index contributed by atoms with van der Waals surface area (Å²) in [4.78, 5) is 65.9. The molecule has 9 unspecified atom stereocenters. The molecule has 0 spiro atoms. The minimum absolute atomic E-state index is 0.0220. The van der Waals surface area contributed by atoms with Gasteiger partial charge in [-0.2, -0.15) is 0 Å². The molecule has 0 saturated carbocycles. The van der Waals surface area contributed by atoms with E-state index in [0.29, 0.717) is 77.0 Å². The number of aliphatic hydroxyl groups excluding tert-OH is 9. The molecular formula is C57H110N3O34P3. The van der Waals surface area contributed by atoms with Crippen molar-refractivity contribution in [2.75, 3.05) is 133 Å². The fourth-order valence-electron chi connectivity index (χ4n) is 10.2. The second-order valence-electron chi connectivity index (χ2n) is 23.7.